The number of fused-ring (bicyclic) bond motifs is 1. The molecule has 0 aliphatic carbocycles. The Morgan fingerprint density at radius 2 is 1.79 bits per heavy atom. The van der Waals surface area contributed by atoms with Crippen molar-refractivity contribution in [2.75, 3.05) is 39.4 Å². The number of nitrogens with zero attached hydrogens (tertiary/aromatic N) is 2. The molecule has 2 unspecified atom stereocenters. The Kier molecular flexibility index (Phi) is 11.8. The molecular weight excluding hydrogens is 562 g/mol. The van der Waals surface area contributed by atoms with Gasteiger partial charge in [0.05, 0.1) is 34.5 Å². The second-order valence-electron chi connectivity index (χ2n) is 11.3. The molecule has 0 radical (unpaired) electrons. The molecule has 3 N–H and O–H groups in total. The zero-order valence-corrected chi connectivity index (χ0v) is 26.2. The van der Waals surface area contributed by atoms with E-state index in [4.69, 9.17) is 9.72 Å². The number of carbonyl (C=O) groups is 3. The normalized spacial score (nSPS) is 15.2. The van der Waals surface area contributed by atoms with Crippen LogP contribution in [-0.4, -0.2) is 79.1 Å². The zero-order valence-electron chi connectivity index (χ0n) is 25.4. The van der Waals surface area contributed by atoms with Crippen molar-refractivity contribution in [3.05, 3.63) is 76.8 Å². The molecule has 3 aromatic rings. The van der Waals surface area contributed by atoms with Gasteiger partial charge in [0, 0.05) is 44.6 Å². The minimum atomic E-state index is -0.803. The van der Waals surface area contributed by atoms with E-state index in [9.17, 15) is 14.4 Å². The molecule has 1 fully saturated rings. The molecule has 1 aliphatic rings. The molecule has 230 valence electrons. The maximum atomic E-state index is 13.7. The summed E-state index contributed by atoms with van der Waals surface area (Å²) in [5.74, 6) is -0.372. The van der Waals surface area contributed by atoms with E-state index in [2.05, 4.69) is 53.4 Å². The third-order valence-corrected chi connectivity index (χ3v) is 8.54. The first-order valence-corrected chi connectivity index (χ1v) is 15.8. The maximum Gasteiger partial charge on any atom is 0.247 e. The molecule has 1 aromatic heterocycles. The number of rotatable bonds is 14. The van der Waals surface area contributed by atoms with Crippen LogP contribution >= 0.6 is 11.3 Å². The SMILES string of the molecule is C=C(CN1CCOCC1)C(=O)NCC(Cc1ccccc1)NC(=O)C(Cc1nc2ccc(C(C)C)cc2s1)NC(=O)CC. The van der Waals surface area contributed by atoms with Crippen molar-refractivity contribution in [3.63, 3.8) is 0 Å². The summed E-state index contributed by atoms with van der Waals surface area (Å²) in [5, 5.41) is 9.73. The summed E-state index contributed by atoms with van der Waals surface area (Å²) in [6.07, 6.45) is 1.04. The van der Waals surface area contributed by atoms with Crippen molar-refractivity contribution in [2.45, 2.75) is 58.0 Å². The van der Waals surface area contributed by atoms with Gasteiger partial charge in [-0.05, 0) is 35.6 Å². The van der Waals surface area contributed by atoms with E-state index in [-0.39, 0.29) is 37.1 Å². The molecule has 10 heteroatoms. The summed E-state index contributed by atoms with van der Waals surface area (Å²) >= 11 is 1.54. The summed E-state index contributed by atoms with van der Waals surface area (Å²) in [7, 11) is 0. The van der Waals surface area contributed by atoms with Gasteiger partial charge in [0.2, 0.25) is 17.7 Å². The van der Waals surface area contributed by atoms with Crippen LogP contribution in [0, 0.1) is 0 Å². The third kappa shape index (κ3) is 9.71. The van der Waals surface area contributed by atoms with E-state index >= 15 is 0 Å². The number of nitrogens with one attached hydrogen (secondary N) is 3. The Labute approximate surface area is 258 Å². The van der Waals surface area contributed by atoms with Gasteiger partial charge < -0.3 is 20.7 Å². The second-order valence-corrected chi connectivity index (χ2v) is 12.4. The quantitative estimate of drug-likeness (QED) is 0.242. The molecule has 2 atom stereocenters. The van der Waals surface area contributed by atoms with Gasteiger partial charge in [-0.2, -0.15) is 0 Å². The fourth-order valence-electron chi connectivity index (χ4n) is 4.93. The first kappa shape index (κ1) is 32.3. The van der Waals surface area contributed by atoms with Gasteiger partial charge in [0.25, 0.3) is 0 Å². The number of morpholine rings is 1. The van der Waals surface area contributed by atoms with Crippen molar-refractivity contribution in [1.82, 2.24) is 25.8 Å². The summed E-state index contributed by atoms with van der Waals surface area (Å²) in [5.41, 5.74) is 3.61. The van der Waals surface area contributed by atoms with Crippen LogP contribution in [0.4, 0.5) is 0 Å². The van der Waals surface area contributed by atoms with Crippen molar-refractivity contribution < 1.29 is 19.1 Å². The van der Waals surface area contributed by atoms with Gasteiger partial charge in [0.15, 0.2) is 0 Å². The zero-order chi connectivity index (χ0) is 30.8. The lowest BCUT2D eigenvalue weighted by atomic mass is 10.0. The number of thiazole rings is 1. The monoisotopic (exact) mass is 605 g/mol. The third-order valence-electron chi connectivity index (χ3n) is 7.49. The number of benzene rings is 2. The van der Waals surface area contributed by atoms with E-state index in [1.165, 1.54) is 5.56 Å². The average molecular weight is 606 g/mol. The van der Waals surface area contributed by atoms with Crippen LogP contribution in [0.1, 0.15) is 49.2 Å². The van der Waals surface area contributed by atoms with E-state index in [0.29, 0.717) is 37.7 Å². The van der Waals surface area contributed by atoms with Crippen LogP contribution < -0.4 is 16.0 Å². The Morgan fingerprint density at radius 3 is 2.49 bits per heavy atom. The molecule has 0 saturated carbocycles. The minimum absolute atomic E-state index is 0.212. The Morgan fingerprint density at radius 1 is 1.05 bits per heavy atom. The summed E-state index contributed by atoms with van der Waals surface area (Å²) < 4.78 is 6.45. The van der Waals surface area contributed by atoms with Crippen LogP contribution in [0.3, 0.4) is 0 Å². The predicted octanol–water partition coefficient (Wildman–Crippen LogP) is 3.59. The van der Waals surface area contributed by atoms with E-state index < -0.39 is 12.1 Å². The highest BCUT2D eigenvalue weighted by Crippen LogP contribution is 2.27. The molecule has 1 saturated heterocycles. The van der Waals surface area contributed by atoms with Gasteiger partial charge in [-0.25, -0.2) is 4.98 Å². The topological polar surface area (TPSA) is 113 Å². The fourth-order valence-corrected chi connectivity index (χ4v) is 5.99. The van der Waals surface area contributed by atoms with Gasteiger partial charge in [-0.3, -0.25) is 19.3 Å². The highest BCUT2D eigenvalue weighted by molar-refractivity contribution is 7.18. The van der Waals surface area contributed by atoms with Gasteiger partial charge >= 0.3 is 0 Å². The first-order chi connectivity index (χ1) is 20.7. The molecular formula is C33H43N5O4S. The molecule has 2 aromatic carbocycles. The summed E-state index contributed by atoms with van der Waals surface area (Å²) in [6, 6.07) is 14.8. The van der Waals surface area contributed by atoms with Crippen molar-refractivity contribution in [2.24, 2.45) is 0 Å². The molecule has 0 spiro atoms. The highest BCUT2D eigenvalue weighted by atomic mass is 32.1. The molecule has 4 rings (SSSR count). The van der Waals surface area contributed by atoms with Gasteiger partial charge in [0.1, 0.15) is 6.04 Å². The average Bonchev–Trinajstić information content (AvgIpc) is 3.41. The maximum absolute atomic E-state index is 13.7. The lowest BCUT2D eigenvalue weighted by molar-refractivity contribution is -0.129. The van der Waals surface area contributed by atoms with Crippen LogP contribution in [0.5, 0.6) is 0 Å². The number of ether oxygens (including phenoxy) is 1. The summed E-state index contributed by atoms with van der Waals surface area (Å²) in [6.45, 7) is 13.5. The largest absolute Gasteiger partial charge is 0.379 e. The Balaban J connectivity index is 1.46. The predicted molar refractivity (Wildman–Crippen MR) is 171 cm³/mol. The lowest BCUT2D eigenvalue weighted by Gasteiger charge is -2.27. The van der Waals surface area contributed by atoms with Crippen molar-refractivity contribution in [3.8, 4) is 0 Å². The van der Waals surface area contributed by atoms with Crippen LogP contribution in [-0.2, 0) is 32.0 Å². The molecule has 1 aliphatic heterocycles. The Bertz CT molecular complexity index is 1400. The highest BCUT2D eigenvalue weighted by Gasteiger charge is 2.26. The molecule has 0 bridgehead atoms. The Hall–Kier alpha value is -3.60. The number of hydrogen-bond donors (Lipinski definition) is 3. The van der Waals surface area contributed by atoms with E-state index in [1.54, 1.807) is 18.3 Å². The van der Waals surface area contributed by atoms with E-state index in [0.717, 1.165) is 33.9 Å². The van der Waals surface area contributed by atoms with E-state index in [1.807, 2.05) is 36.4 Å². The molecule has 3 amide bonds. The van der Waals surface area contributed by atoms with Gasteiger partial charge in [-0.15, -0.1) is 11.3 Å². The molecule has 9 nitrogen and oxygen atoms in total. The van der Waals surface area contributed by atoms with Crippen molar-refractivity contribution >= 4 is 39.3 Å². The molecule has 43 heavy (non-hydrogen) atoms. The second kappa shape index (κ2) is 15.7. The standard InChI is InChI=1S/C33H43N5O4S/c1-5-30(39)36-28(19-31-37-27-12-11-25(22(2)3)18-29(27)43-31)33(41)35-26(17-24-9-7-6-8-10-24)20-34-32(40)23(4)21-38-13-15-42-16-14-38/h6-12,18,22,26,28H,4-5,13-17,19-21H2,1-3H3,(H,34,40)(H,35,41)(H,36,39). The smallest absolute Gasteiger partial charge is 0.247 e. The lowest BCUT2D eigenvalue weighted by Crippen LogP contribution is -2.53. The first-order valence-electron chi connectivity index (χ1n) is 15.0. The number of carbonyl (C=O) groups excluding carboxylic acids is 3. The van der Waals surface area contributed by atoms with Crippen molar-refractivity contribution in [1.29, 1.82) is 0 Å². The van der Waals surface area contributed by atoms with Crippen LogP contribution in [0.2, 0.25) is 0 Å². The van der Waals surface area contributed by atoms with Crippen LogP contribution in [0.25, 0.3) is 10.2 Å². The molecule has 2 heterocycles. The number of hydrogen-bond acceptors (Lipinski definition) is 7. The minimum Gasteiger partial charge on any atom is -0.379 e. The summed E-state index contributed by atoms with van der Waals surface area (Å²) in [4.78, 5) is 46.0. The van der Waals surface area contributed by atoms with Crippen LogP contribution in [0.15, 0.2) is 60.7 Å². The van der Waals surface area contributed by atoms with Gasteiger partial charge in [-0.1, -0.05) is 63.7 Å². The fraction of sp³-hybridized carbons (Fsp3) is 0.455. The number of amides is 3. The number of aromatic nitrogens is 1.